The first-order valence-electron chi connectivity index (χ1n) is 10.3. The quantitative estimate of drug-likeness (QED) is 0.334. The van der Waals surface area contributed by atoms with Crippen LogP contribution in [-0.2, 0) is 38.1 Å². The van der Waals surface area contributed by atoms with Crippen molar-refractivity contribution in [3.63, 3.8) is 0 Å². The van der Waals surface area contributed by atoms with Gasteiger partial charge in [0.2, 0.25) is 0 Å². The van der Waals surface area contributed by atoms with E-state index in [2.05, 4.69) is 0 Å². The van der Waals surface area contributed by atoms with Crippen LogP contribution in [-0.4, -0.2) is 49.1 Å². The molecule has 0 aromatic carbocycles. The Hall–Kier alpha value is -2.35. The molecular weight excluding hydrogens is 392 g/mol. The van der Waals surface area contributed by atoms with Crippen LogP contribution in [0.5, 0.6) is 0 Å². The molecule has 8 nitrogen and oxygen atoms in total. The summed E-state index contributed by atoms with van der Waals surface area (Å²) in [4.78, 5) is 35.9. The molecule has 0 bridgehead atoms. The van der Waals surface area contributed by atoms with E-state index >= 15 is 0 Å². The highest BCUT2D eigenvalue weighted by Gasteiger charge is 2.67. The van der Waals surface area contributed by atoms with E-state index in [-0.39, 0.29) is 36.8 Å². The van der Waals surface area contributed by atoms with Crippen LogP contribution in [0.25, 0.3) is 0 Å². The standard InChI is InChI=1S/C22H30O8/c1-12(2)6-18(24)29-17-8-16-15(9-26-14(5)23)10-27-21(20(16)22(17)11-28-22)30-19(25)7-13(3)4/h8,10,12-13,17,20-21H,6-7,9,11H2,1-5H3/t17-,20-,21-,22+/m0/s1. The molecular formula is C22H30O8. The fourth-order valence-electron chi connectivity index (χ4n) is 3.82. The van der Waals surface area contributed by atoms with Gasteiger partial charge in [-0.2, -0.15) is 0 Å². The highest BCUT2D eigenvalue weighted by atomic mass is 16.7. The SMILES string of the molecule is CC(=O)OCC1=CO[C@@H](OC(=O)CC(C)C)[C@@H]2C1=C[C@H](OC(=O)CC(C)C)[C@]21CO1. The zero-order chi connectivity index (χ0) is 22.1. The molecule has 0 saturated carbocycles. The monoisotopic (exact) mass is 422 g/mol. The molecule has 0 unspecified atom stereocenters. The van der Waals surface area contributed by atoms with Crippen molar-refractivity contribution in [1.29, 1.82) is 0 Å². The Morgan fingerprint density at radius 3 is 2.23 bits per heavy atom. The van der Waals surface area contributed by atoms with Gasteiger partial charge in [0.1, 0.15) is 12.2 Å². The van der Waals surface area contributed by atoms with Crippen LogP contribution in [0.2, 0.25) is 0 Å². The Bertz CT molecular complexity index is 759. The number of hydrogen-bond donors (Lipinski definition) is 0. The van der Waals surface area contributed by atoms with Crippen LogP contribution < -0.4 is 0 Å². The van der Waals surface area contributed by atoms with Crippen molar-refractivity contribution < 1.29 is 38.1 Å². The van der Waals surface area contributed by atoms with Crippen molar-refractivity contribution in [2.75, 3.05) is 13.2 Å². The normalized spacial score (nSPS) is 29.1. The largest absolute Gasteiger partial charge is 0.461 e. The van der Waals surface area contributed by atoms with Crippen LogP contribution in [0.3, 0.4) is 0 Å². The van der Waals surface area contributed by atoms with E-state index in [1.807, 2.05) is 27.7 Å². The minimum atomic E-state index is -0.903. The zero-order valence-electron chi connectivity index (χ0n) is 18.1. The Kier molecular flexibility index (Phi) is 6.55. The molecule has 1 aliphatic carbocycles. The third-order valence-electron chi connectivity index (χ3n) is 5.23. The minimum absolute atomic E-state index is 0.00701. The lowest BCUT2D eigenvalue weighted by molar-refractivity contribution is -0.186. The van der Waals surface area contributed by atoms with Gasteiger partial charge in [-0.3, -0.25) is 14.4 Å². The first kappa shape index (κ1) is 22.3. The lowest BCUT2D eigenvalue weighted by Gasteiger charge is -2.33. The second kappa shape index (κ2) is 8.79. The number of rotatable bonds is 8. The number of esters is 3. The lowest BCUT2D eigenvalue weighted by Crippen LogP contribution is -2.44. The van der Waals surface area contributed by atoms with E-state index in [0.29, 0.717) is 18.6 Å². The summed E-state index contributed by atoms with van der Waals surface area (Å²) in [7, 11) is 0. The molecule has 3 aliphatic rings. The van der Waals surface area contributed by atoms with Crippen molar-refractivity contribution in [3.05, 3.63) is 23.5 Å². The summed E-state index contributed by atoms with van der Waals surface area (Å²) >= 11 is 0. The van der Waals surface area contributed by atoms with Crippen LogP contribution >= 0.6 is 0 Å². The smallest absolute Gasteiger partial charge is 0.309 e. The summed E-state index contributed by atoms with van der Waals surface area (Å²) in [6.07, 6.45) is 2.26. The zero-order valence-corrected chi connectivity index (χ0v) is 18.1. The van der Waals surface area contributed by atoms with Gasteiger partial charge in [-0.05, 0) is 23.5 Å². The van der Waals surface area contributed by atoms with Gasteiger partial charge in [-0.15, -0.1) is 0 Å². The summed E-state index contributed by atoms with van der Waals surface area (Å²) in [5.41, 5.74) is 0.550. The average molecular weight is 422 g/mol. The van der Waals surface area contributed by atoms with Crippen molar-refractivity contribution in [2.24, 2.45) is 17.8 Å². The maximum atomic E-state index is 12.3. The van der Waals surface area contributed by atoms with E-state index in [0.717, 1.165) is 5.57 Å². The van der Waals surface area contributed by atoms with E-state index < -0.39 is 29.9 Å². The Balaban J connectivity index is 1.83. The highest BCUT2D eigenvalue weighted by molar-refractivity contribution is 5.71. The van der Waals surface area contributed by atoms with Crippen LogP contribution in [0.1, 0.15) is 47.5 Å². The number of carbonyl (C=O) groups excluding carboxylic acids is 3. The maximum Gasteiger partial charge on any atom is 0.309 e. The molecule has 2 aliphatic heterocycles. The first-order chi connectivity index (χ1) is 14.1. The molecule has 0 radical (unpaired) electrons. The van der Waals surface area contributed by atoms with E-state index in [1.165, 1.54) is 13.2 Å². The Morgan fingerprint density at radius 2 is 1.70 bits per heavy atom. The fraction of sp³-hybridized carbons (Fsp3) is 0.682. The van der Waals surface area contributed by atoms with Gasteiger partial charge in [-0.1, -0.05) is 27.7 Å². The number of hydrogen-bond acceptors (Lipinski definition) is 8. The third-order valence-corrected chi connectivity index (χ3v) is 5.23. The third kappa shape index (κ3) is 4.86. The maximum absolute atomic E-state index is 12.3. The van der Waals surface area contributed by atoms with Gasteiger partial charge in [0.25, 0.3) is 6.29 Å². The number of carbonyl (C=O) groups is 3. The summed E-state index contributed by atoms with van der Waals surface area (Å²) in [5, 5.41) is 0. The number of ether oxygens (including phenoxy) is 5. The molecule has 1 saturated heterocycles. The van der Waals surface area contributed by atoms with Gasteiger partial charge in [0.05, 0.1) is 18.8 Å². The molecule has 1 fully saturated rings. The second-order valence-electron chi connectivity index (χ2n) is 8.87. The van der Waals surface area contributed by atoms with Gasteiger partial charge < -0.3 is 23.7 Å². The number of fused-ring (bicyclic) bond motifs is 2. The Labute approximate surface area is 176 Å². The topological polar surface area (TPSA) is 101 Å². The molecule has 2 heterocycles. The van der Waals surface area contributed by atoms with Gasteiger partial charge in [0, 0.05) is 25.3 Å². The lowest BCUT2D eigenvalue weighted by atomic mass is 9.85. The van der Waals surface area contributed by atoms with Crippen molar-refractivity contribution in [2.45, 2.75) is 65.5 Å². The molecule has 8 heteroatoms. The van der Waals surface area contributed by atoms with Gasteiger partial charge in [-0.25, -0.2) is 0 Å². The fourth-order valence-corrected chi connectivity index (χ4v) is 3.82. The van der Waals surface area contributed by atoms with E-state index in [4.69, 9.17) is 23.7 Å². The van der Waals surface area contributed by atoms with E-state index in [1.54, 1.807) is 6.08 Å². The van der Waals surface area contributed by atoms with E-state index in [9.17, 15) is 14.4 Å². The molecule has 0 aromatic heterocycles. The van der Waals surface area contributed by atoms with Crippen molar-refractivity contribution >= 4 is 17.9 Å². The van der Waals surface area contributed by atoms with Crippen molar-refractivity contribution in [3.8, 4) is 0 Å². The molecule has 3 rings (SSSR count). The highest BCUT2D eigenvalue weighted by Crippen LogP contribution is 2.54. The molecule has 166 valence electrons. The summed E-state index contributed by atoms with van der Waals surface area (Å²) in [6.45, 7) is 9.41. The minimum Gasteiger partial charge on any atom is -0.461 e. The second-order valence-corrected chi connectivity index (χ2v) is 8.87. The predicted molar refractivity (Wildman–Crippen MR) is 105 cm³/mol. The molecule has 0 N–H and O–H groups in total. The summed E-state index contributed by atoms with van der Waals surface area (Å²) < 4.78 is 28.0. The van der Waals surface area contributed by atoms with Gasteiger partial charge in [0.15, 0.2) is 6.10 Å². The van der Waals surface area contributed by atoms with Crippen LogP contribution in [0.15, 0.2) is 23.5 Å². The van der Waals surface area contributed by atoms with Crippen LogP contribution in [0.4, 0.5) is 0 Å². The van der Waals surface area contributed by atoms with Gasteiger partial charge >= 0.3 is 17.9 Å². The summed E-state index contributed by atoms with van der Waals surface area (Å²) in [5.74, 6) is -1.28. The van der Waals surface area contributed by atoms with Crippen molar-refractivity contribution in [1.82, 2.24) is 0 Å². The molecule has 0 amide bonds. The van der Waals surface area contributed by atoms with Crippen LogP contribution in [0, 0.1) is 17.8 Å². The molecule has 30 heavy (non-hydrogen) atoms. The summed E-state index contributed by atoms with van der Waals surface area (Å²) in [6, 6.07) is 0. The molecule has 0 aromatic rings. The first-order valence-corrected chi connectivity index (χ1v) is 10.3. The molecule has 4 atom stereocenters. The Morgan fingerprint density at radius 1 is 1.10 bits per heavy atom. The average Bonchev–Trinajstić information content (AvgIpc) is 3.33. The number of epoxide rings is 1. The predicted octanol–water partition coefficient (Wildman–Crippen LogP) is 2.66. The molecule has 1 spiro atoms.